The van der Waals surface area contributed by atoms with Gasteiger partial charge in [0.2, 0.25) is 5.91 Å². The minimum Gasteiger partial charge on any atom is -0.481 e. The summed E-state index contributed by atoms with van der Waals surface area (Å²) >= 11 is 8.94. The van der Waals surface area contributed by atoms with E-state index in [4.69, 9.17) is 16.7 Å². The van der Waals surface area contributed by atoms with Crippen molar-refractivity contribution in [3.63, 3.8) is 0 Å². The maximum absolute atomic E-state index is 12.2. The fraction of sp³-hybridized carbons (Fsp3) is 0.333. The summed E-state index contributed by atoms with van der Waals surface area (Å²) in [4.78, 5) is 23.9. The number of nitrogens with zero attached hydrogens (tertiary/aromatic N) is 1. The summed E-state index contributed by atoms with van der Waals surface area (Å²) in [5.41, 5.74) is 0.116. The summed E-state index contributed by atoms with van der Waals surface area (Å²) in [5, 5.41) is 8.78. The Kier molecular flexibility index (Phi) is 4.57. The second kappa shape index (κ2) is 5.96. The Morgan fingerprint density at radius 3 is 2.55 bits per heavy atom. The Hall–Kier alpha value is -1.48. The number of carboxylic acids is 1. The van der Waals surface area contributed by atoms with Crippen molar-refractivity contribution in [2.45, 2.75) is 12.8 Å². The molecule has 1 saturated heterocycles. The van der Waals surface area contributed by atoms with Gasteiger partial charge in [-0.25, -0.2) is 0 Å². The molecule has 10 heteroatoms. The molecule has 1 atom stereocenters. The number of carbonyl (C=O) groups excluding carboxylic acids is 1. The van der Waals surface area contributed by atoms with Crippen molar-refractivity contribution in [1.82, 2.24) is 0 Å². The molecule has 2 rings (SSSR count). The highest BCUT2D eigenvalue weighted by Crippen LogP contribution is 2.41. The predicted molar refractivity (Wildman–Crippen MR) is 73.9 cm³/mol. The minimum atomic E-state index is -4.87. The first-order valence-corrected chi connectivity index (χ1v) is 7.03. The van der Waals surface area contributed by atoms with Crippen LogP contribution in [-0.2, 0) is 9.59 Å². The third-order valence-electron chi connectivity index (χ3n) is 2.97. The zero-order chi connectivity index (χ0) is 16.7. The first-order chi connectivity index (χ1) is 10.1. The van der Waals surface area contributed by atoms with Crippen LogP contribution in [0.25, 0.3) is 0 Å². The number of carbonyl (C=O) groups is 2. The topological polar surface area (TPSA) is 66.8 Å². The van der Waals surface area contributed by atoms with Crippen molar-refractivity contribution in [1.29, 1.82) is 0 Å². The standard InChI is InChI=1S/C12H8BrClF3NO4/c13-7-2-6(22-12(15,16)17)3-8(14)10(7)18-4-5(11(20)21)1-9(18)19/h2-3,5H,1,4H2,(H,20,21). The van der Waals surface area contributed by atoms with Gasteiger partial charge in [0.25, 0.3) is 0 Å². The third kappa shape index (κ3) is 3.64. The number of benzene rings is 1. The van der Waals surface area contributed by atoms with Gasteiger partial charge in [0, 0.05) is 23.5 Å². The van der Waals surface area contributed by atoms with Crippen molar-refractivity contribution < 1.29 is 32.6 Å². The zero-order valence-corrected chi connectivity index (χ0v) is 13.0. The van der Waals surface area contributed by atoms with Gasteiger partial charge >= 0.3 is 12.3 Å². The first kappa shape index (κ1) is 16.9. The molecule has 0 spiro atoms. The number of hydrogen-bond donors (Lipinski definition) is 1. The van der Waals surface area contributed by atoms with Crippen LogP contribution in [0.1, 0.15) is 6.42 Å². The fourth-order valence-corrected chi connectivity index (χ4v) is 3.16. The van der Waals surface area contributed by atoms with Gasteiger partial charge < -0.3 is 14.7 Å². The molecule has 0 aromatic heterocycles. The van der Waals surface area contributed by atoms with Crippen LogP contribution in [0.4, 0.5) is 18.9 Å². The lowest BCUT2D eigenvalue weighted by atomic mass is 10.1. The van der Waals surface area contributed by atoms with Crippen molar-refractivity contribution in [2.75, 3.05) is 11.4 Å². The lowest BCUT2D eigenvalue weighted by Gasteiger charge is -2.20. The second-order valence-corrected chi connectivity index (χ2v) is 5.79. The molecular weight excluding hydrogens is 394 g/mol. The Bertz CT molecular complexity index is 614. The lowest BCUT2D eigenvalue weighted by Crippen LogP contribution is -2.26. The average Bonchev–Trinajstić information content (AvgIpc) is 2.68. The van der Waals surface area contributed by atoms with Gasteiger partial charge in [-0.2, -0.15) is 0 Å². The van der Waals surface area contributed by atoms with Crippen molar-refractivity contribution in [3.8, 4) is 5.75 Å². The predicted octanol–water partition coefficient (Wildman–Crippen LogP) is 3.44. The molecular formula is C12H8BrClF3NO4. The SMILES string of the molecule is O=C(O)C1CC(=O)N(c2c(Cl)cc(OC(F)(F)F)cc2Br)C1. The van der Waals surface area contributed by atoms with Gasteiger partial charge in [-0.15, -0.1) is 13.2 Å². The monoisotopic (exact) mass is 401 g/mol. The van der Waals surface area contributed by atoms with E-state index in [1.165, 1.54) is 0 Å². The molecule has 5 nitrogen and oxygen atoms in total. The summed E-state index contributed by atoms with van der Waals surface area (Å²) < 4.78 is 40.4. The van der Waals surface area contributed by atoms with Gasteiger partial charge in [0.15, 0.2) is 0 Å². The molecule has 1 N–H and O–H groups in total. The Morgan fingerprint density at radius 1 is 1.45 bits per heavy atom. The Morgan fingerprint density at radius 2 is 2.09 bits per heavy atom. The van der Waals surface area contributed by atoms with Crippen LogP contribution in [0, 0.1) is 5.92 Å². The van der Waals surface area contributed by atoms with E-state index in [9.17, 15) is 22.8 Å². The van der Waals surface area contributed by atoms with Gasteiger partial charge in [-0.1, -0.05) is 11.6 Å². The molecule has 1 aromatic carbocycles. The summed E-state index contributed by atoms with van der Waals surface area (Å²) in [5.74, 6) is -3.03. The highest BCUT2D eigenvalue weighted by Gasteiger charge is 2.37. The van der Waals surface area contributed by atoms with E-state index in [1.54, 1.807) is 0 Å². The molecule has 1 aromatic rings. The number of rotatable bonds is 3. The van der Waals surface area contributed by atoms with Gasteiger partial charge in [-0.3, -0.25) is 9.59 Å². The van der Waals surface area contributed by atoms with Crippen LogP contribution in [0.15, 0.2) is 16.6 Å². The third-order valence-corrected chi connectivity index (χ3v) is 3.86. The van der Waals surface area contributed by atoms with E-state index in [0.29, 0.717) is 0 Å². The number of hydrogen-bond acceptors (Lipinski definition) is 3. The molecule has 0 aliphatic carbocycles. The molecule has 0 bridgehead atoms. The van der Waals surface area contributed by atoms with Crippen LogP contribution in [0.2, 0.25) is 5.02 Å². The summed E-state index contributed by atoms with van der Waals surface area (Å²) in [6.45, 7) is -0.105. The molecule has 22 heavy (non-hydrogen) atoms. The minimum absolute atomic E-state index is 0.0960. The van der Waals surface area contributed by atoms with E-state index in [2.05, 4.69) is 20.7 Å². The van der Waals surface area contributed by atoms with Crippen molar-refractivity contribution >= 4 is 45.1 Å². The number of amides is 1. The summed E-state index contributed by atoms with van der Waals surface area (Å²) in [6.07, 6.45) is -5.07. The first-order valence-electron chi connectivity index (χ1n) is 5.86. The van der Waals surface area contributed by atoms with Crippen molar-refractivity contribution in [2.24, 2.45) is 5.92 Å². The molecule has 120 valence electrons. The highest BCUT2D eigenvalue weighted by molar-refractivity contribution is 9.10. The highest BCUT2D eigenvalue weighted by atomic mass is 79.9. The molecule has 1 aliphatic rings. The van der Waals surface area contributed by atoms with Gasteiger partial charge in [0.1, 0.15) is 5.75 Å². The Labute approximate surface area is 135 Å². The van der Waals surface area contributed by atoms with Crippen LogP contribution in [0.5, 0.6) is 5.75 Å². The zero-order valence-electron chi connectivity index (χ0n) is 10.7. The number of halogens is 5. The van der Waals surface area contributed by atoms with E-state index in [-0.39, 0.29) is 28.1 Å². The number of anilines is 1. The van der Waals surface area contributed by atoms with E-state index >= 15 is 0 Å². The summed E-state index contributed by atoms with van der Waals surface area (Å²) in [6, 6.07) is 1.92. The molecule has 1 aliphatic heterocycles. The smallest absolute Gasteiger partial charge is 0.481 e. The van der Waals surface area contributed by atoms with Crippen LogP contribution >= 0.6 is 27.5 Å². The molecule has 1 unspecified atom stereocenters. The molecule has 0 radical (unpaired) electrons. The van der Waals surface area contributed by atoms with Gasteiger partial charge in [0.05, 0.1) is 16.6 Å². The Balaban J connectivity index is 2.33. The number of aliphatic carboxylic acids is 1. The largest absolute Gasteiger partial charge is 0.573 e. The van der Waals surface area contributed by atoms with Crippen LogP contribution in [-0.4, -0.2) is 29.9 Å². The quantitative estimate of drug-likeness (QED) is 0.841. The number of ether oxygens (including phenoxy) is 1. The number of carboxylic acid groups (broad SMARTS) is 1. The van der Waals surface area contributed by atoms with E-state index < -0.39 is 29.9 Å². The van der Waals surface area contributed by atoms with Crippen LogP contribution in [0.3, 0.4) is 0 Å². The fourth-order valence-electron chi connectivity index (χ4n) is 2.08. The molecule has 1 heterocycles. The maximum Gasteiger partial charge on any atom is 0.573 e. The average molecular weight is 403 g/mol. The van der Waals surface area contributed by atoms with E-state index in [0.717, 1.165) is 17.0 Å². The van der Waals surface area contributed by atoms with E-state index in [1.807, 2.05) is 0 Å². The second-order valence-electron chi connectivity index (χ2n) is 4.53. The number of alkyl halides is 3. The molecule has 1 fully saturated rings. The van der Waals surface area contributed by atoms with Gasteiger partial charge in [-0.05, 0) is 22.0 Å². The molecule has 0 saturated carbocycles. The van der Waals surface area contributed by atoms with Crippen molar-refractivity contribution in [3.05, 3.63) is 21.6 Å². The van der Waals surface area contributed by atoms with Crippen LogP contribution < -0.4 is 9.64 Å². The normalized spacial score (nSPS) is 18.7. The molecule has 1 amide bonds. The maximum atomic E-state index is 12.2. The summed E-state index contributed by atoms with van der Waals surface area (Å²) in [7, 11) is 0. The lowest BCUT2D eigenvalue weighted by molar-refractivity contribution is -0.274.